The summed E-state index contributed by atoms with van der Waals surface area (Å²) < 4.78 is 1.48. The predicted molar refractivity (Wildman–Crippen MR) is 80.8 cm³/mol. The Bertz CT molecular complexity index is 785. The Kier molecular flexibility index (Phi) is 3.55. The average Bonchev–Trinajstić information content (AvgIpc) is 3.10. The maximum Gasteiger partial charge on any atom is 0.275 e. The van der Waals surface area contributed by atoms with Gasteiger partial charge in [-0.25, -0.2) is 14.6 Å². The predicted octanol–water partition coefficient (Wildman–Crippen LogP) is 2.21. The molecular formula is C12H9ClN6OS. The molecule has 0 aliphatic heterocycles. The van der Waals surface area contributed by atoms with Crippen LogP contribution in [-0.2, 0) is 0 Å². The molecule has 1 amide bonds. The molecule has 0 aliphatic carbocycles. The second kappa shape index (κ2) is 5.51. The van der Waals surface area contributed by atoms with Crippen molar-refractivity contribution in [3.05, 3.63) is 47.0 Å². The van der Waals surface area contributed by atoms with Crippen molar-refractivity contribution in [1.82, 2.24) is 19.7 Å². The van der Waals surface area contributed by atoms with Gasteiger partial charge in [0.15, 0.2) is 5.13 Å². The molecule has 0 unspecified atom stereocenters. The molecule has 2 heterocycles. The van der Waals surface area contributed by atoms with Gasteiger partial charge in [-0.3, -0.25) is 4.79 Å². The first-order valence-corrected chi connectivity index (χ1v) is 7.07. The summed E-state index contributed by atoms with van der Waals surface area (Å²) in [5.74, 6) is -0.369. The summed E-state index contributed by atoms with van der Waals surface area (Å²) in [4.78, 5) is 20.0. The molecule has 0 spiro atoms. The number of rotatable bonds is 3. The molecule has 0 aliphatic rings. The van der Waals surface area contributed by atoms with Crippen LogP contribution >= 0.6 is 22.9 Å². The lowest BCUT2D eigenvalue weighted by Crippen LogP contribution is -2.14. The summed E-state index contributed by atoms with van der Waals surface area (Å²) in [6.07, 6.45) is 2.88. The Labute approximate surface area is 128 Å². The van der Waals surface area contributed by atoms with Gasteiger partial charge in [0, 0.05) is 5.38 Å². The van der Waals surface area contributed by atoms with Crippen molar-refractivity contribution in [2.75, 3.05) is 11.1 Å². The molecule has 0 radical (unpaired) electrons. The van der Waals surface area contributed by atoms with Gasteiger partial charge in [0.1, 0.15) is 24.0 Å². The number of amides is 1. The monoisotopic (exact) mass is 320 g/mol. The zero-order valence-electron chi connectivity index (χ0n) is 10.5. The van der Waals surface area contributed by atoms with E-state index in [0.29, 0.717) is 21.5 Å². The highest BCUT2D eigenvalue weighted by molar-refractivity contribution is 7.13. The third kappa shape index (κ3) is 2.71. The summed E-state index contributed by atoms with van der Waals surface area (Å²) >= 11 is 7.38. The fraction of sp³-hybridized carbons (Fsp3) is 0. The molecule has 3 N–H and O–H groups in total. The minimum atomic E-state index is -0.369. The van der Waals surface area contributed by atoms with Crippen molar-refractivity contribution in [3.63, 3.8) is 0 Å². The first-order chi connectivity index (χ1) is 10.1. The Morgan fingerprint density at radius 3 is 2.95 bits per heavy atom. The number of thiazole rings is 1. The van der Waals surface area contributed by atoms with E-state index in [9.17, 15) is 4.79 Å². The second-order valence-electron chi connectivity index (χ2n) is 4.00. The molecule has 1 aromatic carbocycles. The van der Waals surface area contributed by atoms with Crippen molar-refractivity contribution in [2.24, 2.45) is 0 Å². The molecule has 106 valence electrons. The van der Waals surface area contributed by atoms with E-state index < -0.39 is 0 Å². The van der Waals surface area contributed by atoms with Crippen LogP contribution in [0.25, 0.3) is 5.69 Å². The van der Waals surface area contributed by atoms with Crippen molar-refractivity contribution in [2.45, 2.75) is 0 Å². The van der Waals surface area contributed by atoms with E-state index in [4.69, 9.17) is 17.3 Å². The lowest BCUT2D eigenvalue weighted by atomic mass is 10.2. The highest BCUT2D eigenvalue weighted by Gasteiger charge is 2.15. The van der Waals surface area contributed by atoms with Crippen molar-refractivity contribution < 1.29 is 4.79 Å². The van der Waals surface area contributed by atoms with Gasteiger partial charge >= 0.3 is 0 Å². The number of anilines is 2. The maximum atomic E-state index is 12.1. The van der Waals surface area contributed by atoms with Gasteiger partial charge < -0.3 is 11.1 Å². The Morgan fingerprint density at radius 2 is 2.29 bits per heavy atom. The molecule has 0 bridgehead atoms. The molecule has 3 rings (SSSR count). The summed E-state index contributed by atoms with van der Waals surface area (Å²) in [7, 11) is 0. The number of carbonyl (C=O) groups is 1. The molecule has 2 aromatic heterocycles. The number of carbonyl (C=O) groups excluding carboxylic acids is 1. The minimum Gasteiger partial charge on any atom is -0.375 e. The van der Waals surface area contributed by atoms with Gasteiger partial charge in [0.05, 0.1) is 10.7 Å². The van der Waals surface area contributed by atoms with Crippen LogP contribution in [0.5, 0.6) is 0 Å². The number of halogens is 1. The van der Waals surface area contributed by atoms with Gasteiger partial charge in [-0.05, 0) is 12.1 Å². The lowest BCUT2D eigenvalue weighted by molar-refractivity contribution is 0.102. The Balaban J connectivity index is 1.96. The smallest absolute Gasteiger partial charge is 0.275 e. The quantitative estimate of drug-likeness (QED) is 0.771. The SMILES string of the molecule is Nc1nc(C(=O)Nc2cccc(Cl)c2-n2cncn2)cs1. The molecule has 7 nitrogen and oxygen atoms in total. The van der Waals surface area contributed by atoms with E-state index in [0.717, 1.165) is 0 Å². The molecule has 0 atom stereocenters. The number of nitrogens with zero attached hydrogens (tertiary/aromatic N) is 4. The lowest BCUT2D eigenvalue weighted by Gasteiger charge is -2.11. The highest BCUT2D eigenvalue weighted by atomic mass is 35.5. The third-order valence-corrected chi connectivity index (χ3v) is 3.62. The van der Waals surface area contributed by atoms with Crippen LogP contribution in [0.15, 0.2) is 36.2 Å². The Hall–Kier alpha value is -2.45. The van der Waals surface area contributed by atoms with Gasteiger partial charge in [-0.1, -0.05) is 17.7 Å². The van der Waals surface area contributed by atoms with Gasteiger partial charge in [-0.15, -0.1) is 11.3 Å². The number of benzene rings is 1. The number of nitrogen functional groups attached to an aromatic ring is 1. The number of hydrogen-bond donors (Lipinski definition) is 2. The van der Waals surface area contributed by atoms with E-state index in [2.05, 4.69) is 20.4 Å². The first kappa shape index (κ1) is 13.5. The number of hydrogen-bond acceptors (Lipinski definition) is 6. The number of nitrogens with two attached hydrogens (primary N) is 1. The molecular weight excluding hydrogens is 312 g/mol. The van der Waals surface area contributed by atoms with Crippen LogP contribution in [0.3, 0.4) is 0 Å². The summed E-state index contributed by atoms with van der Waals surface area (Å²) in [5, 5.41) is 9.14. The van der Waals surface area contributed by atoms with Gasteiger partial charge in [0.25, 0.3) is 5.91 Å². The van der Waals surface area contributed by atoms with Crippen LogP contribution in [0.4, 0.5) is 10.8 Å². The molecule has 0 fully saturated rings. The van der Waals surface area contributed by atoms with Crippen LogP contribution in [-0.4, -0.2) is 25.7 Å². The van der Waals surface area contributed by atoms with E-state index >= 15 is 0 Å². The first-order valence-electron chi connectivity index (χ1n) is 5.81. The van der Waals surface area contributed by atoms with Gasteiger partial charge in [-0.2, -0.15) is 5.10 Å². The average molecular weight is 321 g/mol. The van der Waals surface area contributed by atoms with E-state index in [1.54, 1.807) is 23.6 Å². The maximum absolute atomic E-state index is 12.1. The van der Waals surface area contributed by atoms with E-state index in [1.807, 2.05) is 0 Å². The molecule has 3 aromatic rings. The zero-order valence-corrected chi connectivity index (χ0v) is 12.1. The standard InChI is InChI=1S/C12H9ClN6OS/c13-7-2-1-3-8(10(7)19-6-15-5-16-19)17-11(20)9-4-21-12(14)18-9/h1-6H,(H2,14,18)(H,17,20). The summed E-state index contributed by atoms with van der Waals surface area (Å²) in [6, 6.07) is 5.15. The molecule has 0 saturated heterocycles. The highest BCUT2D eigenvalue weighted by Crippen LogP contribution is 2.28. The number of aromatic nitrogens is 4. The normalized spacial score (nSPS) is 10.5. The van der Waals surface area contributed by atoms with Crippen LogP contribution in [0, 0.1) is 0 Å². The fourth-order valence-corrected chi connectivity index (χ4v) is 2.56. The van der Waals surface area contributed by atoms with Crippen molar-refractivity contribution in [1.29, 1.82) is 0 Å². The second-order valence-corrected chi connectivity index (χ2v) is 5.30. The van der Waals surface area contributed by atoms with Crippen molar-refractivity contribution >= 4 is 39.7 Å². The van der Waals surface area contributed by atoms with Crippen LogP contribution in [0.1, 0.15) is 10.5 Å². The summed E-state index contributed by atoms with van der Waals surface area (Å²) in [5.41, 5.74) is 6.82. The topological polar surface area (TPSA) is 98.7 Å². The molecule has 0 saturated carbocycles. The third-order valence-electron chi connectivity index (χ3n) is 2.64. The van der Waals surface area contributed by atoms with Crippen LogP contribution < -0.4 is 11.1 Å². The van der Waals surface area contributed by atoms with Crippen LogP contribution in [0.2, 0.25) is 5.02 Å². The minimum absolute atomic E-state index is 0.252. The van der Waals surface area contributed by atoms with E-state index in [1.165, 1.54) is 28.7 Å². The largest absolute Gasteiger partial charge is 0.375 e. The number of nitrogens with one attached hydrogen (secondary N) is 1. The fourth-order valence-electron chi connectivity index (χ4n) is 1.75. The Morgan fingerprint density at radius 1 is 1.43 bits per heavy atom. The van der Waals surface area contributed by atoms with Gasteiger partial charge in [0.2, 0.25) is 0 Å². The zero-order chi connectivity index (χ0) is 14.8. The van der Waals surface area contributed by atoms with Crippen molar-refractivity contribution in [3.8, 4) is 5.69 Å². The number of para-hydroxylation sites is 1. The summed E-state index contributed by atoms with van der Waals surface area (Å²) in [6.45, 7) is 0. The molecule has 9 heteroatoms. The van der Waals surface area contributed by atoms with E-state index in [-0.39, 0.29) is 11.6 Å². The molecule has 21 heavy (non-hydrogen) atoms.